The summed E-state index contributed by atoms with van der Waals surface area (Å²) in [7, 11) is 0. The molecule has 0 bridgehead atoms. The summed E-state index contributed by atoms with van der Waals surface area (Å²) in [6.07, 6.45) is 0.182. The highest BCUT2D eigenvalue weighted by atomic mass is 19.3. The number of amides is 1. The van der Waals surface area contributed by atoms with Crippen molar-refractivity contribution < 1.29 is 28.9 Å². The average molecular weight is 273 g/mol. The molecule has 0 aromatic heterocycles. The Kier molecular flexibility index (Phi) is 3.09. The van der Waals surface area contributed by atoms with Gasteiger partial charge >= 0.3 is 5.92 Å². The number of alkyl halides is 2. The van der Waals surface area contributed by atoms with Crippen LogP contribution >= 0.6 is 0 Å². The molecule has 0 saturated heterocycles. The molecule has 104 valence electrons. The molecule has 5 nitrogen and oxygen atoms in total. The first-order valence-electron chi connectivity index (χ1n) is 5.70. The fourth-order valence-corrected chi connectivity index (χ4v) is 1.85. The van der Waals surface area contributed by atoms with E-state index >= 15 is 0 Å². The van der Waals surface area contributed by atoms with Crippen molar-refractivity contribution in [1.82, 2.24) is 0 Å². The second-order valence-electron chi connectivity index (χ2n) is 4.62. The second kappa shape index (κ2) is 4.34. The number of hydrogen-bond donors (Lipinski definition) is 4. The first-order chi connectivity index (χ1) is 8.76. The van der Waals surface area contributed by atoms with Crippen molar-refractivity contribution in [3.05, 3.63) is 18.2 Å². The molecule has 1 aliphatic carbocycles. The van der Waals surface area contributed by atoms with Gasteiger partial charge in [0.1, 0.15) is 5.60 Å². The fraction of sp³-hybridized carbons (Fsp3) is 0.417. The van der Waals surface area contributed by atoms with Crippen LogP contribution < -0.4 is 5.32 Å². The van der Waals surface area contributed by atoms with E-state index in [0.29, 0.717) is 6.42 Å². The van der Waals surface area contributed by atoms with E-state index < -0.39 is 28.9 Å². The van der Waals surface area contributed by atoms with Crippen LogP contribution in [-0.4, -0.2) is 32.8 Å². The van der Waals surface area contributed by atoms with Gasteiger partial charge in [-0.15, -0.1) is 0 Å². The molecule has 1 aromatic rings. The lowest BCUT2D eigenvalue weighted by atomic mass is 9.75. The van der Waals surface area contributed by atoms with E-state index in [1.165, 1.54) is 0 Å². The predicted octanol–water partition coefficient (Wildman–Crippen LogP) is 1.59. The van der Waals surface area contributed by atoms with Crippen LogP contribution in [-0.2, 0) is 4.79 Å². The number of carbonyl (C=O) groups excluding carboxylic acids is 1. The van der Waals surface area contributed by atoms with Crippen molar-refractivity contribution in [2.75, 3.05) is 5.32 Å². The number of carbonyl (C=O) groups is 1. The lowest BCUT2D eigenvalue weighted by Gasteiger charge is -2.41. The van der Waals surface area contributed by atoms with Gasteiger partial charge in [-0.05, 0) is 31.4 Å². The lowest BCUT2D eigenvalue weighted by Crippen LogP contribution is -2.59. The van der Waals surface area contributed by atoms with E-state index in [1.54, 1.807) is 0 Å². The summed E-state index contributed by atoms with van der Waals surface area (Å²) >= 11 is 0. The van der Waals surface area contributed by atoms with Gasteiger partial charge in [-0.1, -0.05) is 0 Å². The molecular weight excluding hydrogens is 260 g/mol. The molecule has 7 heteroatoms. The highest BCUT2D eigenvalue weighted by Crippen LogP contribution is 2.44. The van der Waals surface area contributed by atoms with Crippen LogP contribution in [0.25, 0.3) is 0 Å². The summed E-state index contributed by atoms with van der Waals surface area (Å²) in [6.45, 7) is 0. The number of aromatic hydroxyl groups is 2. The normalized spacial score (nSPS) is 17.6. The third kappa shape index (κ3) is 2.21. The van der Waals surface area contributed by atoms with Crippen LogP contribution in [0.2, 0.25) is 0 Å². The quantitative estimate of drug-likeness (QED) is 0.497. The minimum absolute atomic E-state index is 0.0945. The summed E-state index contributed by atoms with van der Waals surface area (Å²) in [6, 6.07) is 3.16. The summed E-state index contributed by atoms with van der Waals surface area (Å²) < 4.78 is 27.5. The van der Waals surface area contributed by atoms with E-state index in [9.17, 15) is 23.8 Å². The van der Waals surface area contributed by atoms with E-state index in [0.717, 1.165) is 18.2 Å². The zero-order valence-electron chi connectivity index (χ0n) is 9.86. The predicted molar refractivity (Wildman–Crippen MR) is 62.1 cm³/mol. The van der Waals surface area contributed by atoms with E-state index in [1.807, 2.05) is 5.32 Å². The minimum Gasteiger partial charge on any atom is -0.504 e. The molecule has 2 rings (SSSR count). The van der Waals surface area contributed by atoms with Crippen LogP contribution in [0.15, 0.2) is 18.2 Å². The highest BCUT2D eigenvalue weighted by Gasteiger charge is 2.61. The number of phenolic OH excluding ortho intramolecular Hbond substituents is 2. The first-order valence-corrected chi connectivity index (χ1v) is 5.70. The first kappa shape index (κ1) is 13.5. The molecule has 4 N–H and O–H groups in total. The maximum atomic E-state index is 13.7. The Bertz CT molecular complexity index is 514. The van der Waals surface area contributed by atoms with Gasteiger partial charge in [-0.2, -0.15) is 8.78 Å². The van der Waals surface area contributed by atoms with Gasteiger partial charge in [-0.3, -0.25) is 4.79 Å². The van der Waals surface area contributed by atoms with Crippen LogP contribution in [0, 0.1) is 0 Å². The van der Waals surface area contributed by atoms with Crippen molar-refractivity contribution >= 4 is 11.6 Å². The minimum atomic E-state index is -3.90. The Morgan fingerprint density at radius 3 is 2.37 bits per heavy atom. The Balaban J connectivity index is 2.14. The molecule has 19 heavy (non-hydrogen) atoms. The Labute approximate surface area is 107 Å². The maximum Gasteiger partial charge on any atom is 0.352 e. The molecule has 0 spiro atoms. The van der Waals surface area contributed by atoms with E-state index in [-0.39, 0.29) is 18.5 Å². The van der Waals surface area contributed by atoms with Gasteiger partial charge in [0.25, 0.3) is 5.91 Å². The molecule has 1 aromatic carbocycles. The number of phenols is 2. The molecule has 0 aliphatic heterocycles. The lowest BCUT2D eigenvalue weighted by molar-refractivity contribution is -0.212. The Morgan fingerprint density at radius 1 is 1.26 bits per heavy atom. The summed E-state index contributed by atoms with van der Waals surface area (Å²) in [5, 5.41) is 29.7. The smallest absolute Gasteiger partial charge is 0.352 e. The SMILES string of the molecule is O=C(Nc1ccc(O)c(O)c1)C(F)(F)C1(O)CCC1. The van der Waals surface area contributed by atoms with Crippen molar-refractivity contribution in [3.8, 4) is 11.5 Å². The molecule has 1 fully saturated rings. The number of rotatable bonds is 3. The third-order valence-corrected chi connectivity index (χ3v) is 3.28. The third-order valence-electron chi connectivity index (χ3n) is 3.28. The van der Waals surface area contributed by atoms with Gasteiger partial charge in [-0.25, -0.2) is 0 Å². The summed E-state index contributed by atoms with van der Waals surface area (Å²) in [4.78, 5) is 11.5. The van der Waals surface area contributed by atoms with Gasteiger partial charge < -0.3 is 20.6 Å². The van der Waals surface area contributed by atoms with Gasteiger partial charge in [0, 0.05) is 11.8 Å². The Morgan fingerprint density at radius 2 is 1.89 bits per heavy atom. The average Bonchev–Trinajstić information content (AvgIpc) is 2.30. The molecule has 1 amide bonds. The van der Waals surface area contributed by atoms with Crippen LogP contribution in [0.1, 0.15) is 19.3 Å². The molecule has 0 atom stereocenters. The van der Waals surface area contributed by atoms with Crippen molar-refractivity contribution in [2.24, 2.45) is 0 Å². The largest absolute Gasteiger partial charge is 0.504 e. The van der Waals surface area contributed by atoms with Crippen LogP contribution in [0.4, 0.5) is 14.5 Å². The van der Waals surface area contributed by atoms with Crippen molar-refractivity contribution in [1.29, 1.82) is 0 Å². The standard InChI is InChI=1S/C12H13F2NO4/c13-12(14,11(19)4-1-5-11)10(18)15-7-2-3-8(16)9(17)6-7/h2-3,6,16-17,19H,1,4-5H2,(H,15,18). The number of halogens is 2. The Hall–Kier alpha value is -1.89. The van der Waals surface area contributed by atoms with E-state index in [4.69, 9.17) is 5.11 Å². The topological polar surface area (TPSA) is 89.8 Å². The zero-order chi connectivity index (χ0) is 14.3. The molecular formula is C12H13F2NO4. The number of anilines is 1. The van der Waals surface area contributed by atoms with E-state index in [2.05, 4.69) is 0 Å². The zero-order valence-corrected chi connectivity index (χ0v) is 9.86. The van der Waals surface area contributed by atoms with Crippen molar-refractivity contribution in [3.63, 3.8) is 0 Å². The molecule has 0 heterocycles. The fourth-order valence-electron chi connectivity index (χ4n) is 1.85. The monoisotopic (exact) mass is 273 g/mol. The second-order valence-corrected chi connectivity index (χ2v) is 4.62. The number of benzene rings is 1. The van der Waals surface area contributed by atoms with Gasteiger partial charge in [0.05, 0.1) is 0 Å². The molecule has 0 unspecified atom stereocenters. The number of nitrogens with one attached hydrogen (secondary N) is 1. The van der Waals surface area contributed by atoms with Gasteiger partial charge in [0.2, 0.25) is 0 Å². The van der Waals surface area contributed by atoms with Crippen molar-refractivity contribution in [2.45, 2.75) is 30.8 Å². The maximum absolute atomic E-state index is 13.7. The number of hydrogen-bond acceptors (Lipinski definition) is 4. The summed E-state index contributed by atoms with van der Waals surface area (Å²) in [5.74, 6) is -6.51. The van der Waals surface area contributed by atoms with Gasteiger partial charge in [0.15, 0.2) is 11.5 Å². The number of aliphatic hydroxyl groups is 1. The molecule has 1 saturated carbocycles. The highest BCUT2D eigenvalue weighted by molar-refractivity contribution is 5.97. The van der Waals surface area contributed by atoms with Crippen LogP contribution in [0.5, 0.6) is 11.5 Å². The van der Waals surface area contributed by atoms with Crippen LogP contribution in [0.3, 0.4) is 0 Å². The summed E-state index contributed by atoms with van der Waals surface area (Å²) in [5.41, 5.74) is -2.39. The molecule has 1 aliphatic rings. The molecule has 0 radical (unpaired) electrons.